The first-order valence-corrected chi connectivity index (χ1v) is 7.18. The van der Waals surface area contributed by atoms with Crippen molar-refractivity contribution in [3.8, 4) is 0 Å². The maximum atomic E-state index is 12.3. The molecule has 1 amide bonds. The van der Waals surface area contributed by atoms with Crippen LogP contribution in [0.25, 0.3) is 0 Å². The Bertz CT molecular complexity index is 440. The molecule has 6 nitrogen and oxygen atoms in total. The Morgan fingerprint density at radius 3 is 2.75 bits per heavy atom. The van der Waals surface area contributed by atoms with Crippen LogP contribution in [0, 0.1) is 6.92 Å². The van der Waals surface area contributed by atoms with E-state index in [0.29, 0.717) is 26.3 Å². The number of aromatic nitrogens is 2. The second-order valence-corrected chi connectivity index (χ2v) is 5.47. The zero-order valence-corrected chi connectivity index (χ0v) is 12.5. The molecule has 6 heteroatoms. The Morgan fingerprint density at radius 1 is 1.45 bits per heavy atom. The summed E-state index contributed by atoms with van der Waals surface area (Å²) in [5.41, 5.74) is 1.15. The molecule has 0 aliphatic carbocycles. The topological polar surface area (TPSA) is 59.4 Å². The smallest absolute Gasteiger partial charge is 0.239 e. The van der Waals surface area contributed by atoms with E-state index >= 15 is 0 Å². The second kappa shape index (κ2) is 6.85. The molecule has 1 N–H and O–H groups in total. The molecule has 1 fully saturated rings. The van der Waals surface area contributed by atoms with Gasteiger partial charge in [-0.1, -0.05) is 0 Å². The van der Waals surface area contributed by atoms with Crippen LogP contribution in [0.5, 0.6) is 0 Å². The number of hydrogen-bond acceptors (Lipinski definition) is 4. The Kier molecular flexibility index (Phi) is 5.14. The van der Waals surface area contributed by atoms with Crippen molar-refractivity contribution in [1.29, 1.82) is 0 Å². The Balaban J connectivity index is 1.80. The van der Waals surface area contributed by atoms with Crippen LogP contribution < -0.4 is 5.32 Å². The second-order valence-electron chi connectivity index (χ2n) is 5.47. The average Bonchev–Trinajstić information content (AvgIpc) is 2.84. The number of amides is 1. The molecule has 2 rings (SSSR count). The van der Waals surface area contributed by atoms with Crippen LogP contribution in [-0.4, -0.2) is 59.0 Å². The van der Waals surface area contributed by atoms with Gasteiger partial charge in [0.2, 0.25) is 5.91 Å². The third-order valence-corrected chi connectivity index (χ3v) is 3.45. The molecule has 1 aliphatic heterocycles. The summed E-state index contributed by atoms with van der Waals surface area (Å²) in [7, 11) is 0. The minimum Gasteiger partial charge on any atom is -0.378 e. The number of nitrogens with zero attached hydrogens (tertiary/aromatic N) is 3. The van der Waals surface area contributed by atoms with Crippen LogP contribution in [0.1, 0.15) is 19.4 Å². The van der Waals surface area contributed by atoms with Crippen LogP contribution in [0.3, 0.4) is 0 Å². The van der Waals surface area contributed by atoms with Gasteiger partial charge in [0.15, 0.2) is 0 Å². The molecule has 1 aromatic heterocycles. The first-order valence-electron chi connectivity index (χ1n) is 7.18. The summed E-state index contributed by atoms with van der Waals surface area (Å²) in [6.07, 6.45) is 3.85. The monoisotopic (exact) mass is 280 g/mol. The molecule has 0 spiro atoms. The van der Waals surface area contributed by atoms with Crippen molar-refractivity contribution < 1.29 is 9.53 Å². The highest BCUT2D eigenvalue weighted by Gasteiger charge is 2.23. The number of rotatable bonds is 5. The predicted octanol–water partition coefficient (Wildman–Crippen LogP) is 0.417. The maximum Gasteiger partial charge on any atom is 0.239 e. The first-order chi connectivity index (χ1) is 9.56. The zero-order valence-electron chi connectivity index (χ0n) is 12.5. The molecule has 0 bridgehead atoms. The molecule has 0 radical (unpaired) electrons. The van der Waals surface area contributed by atoms with Gasteiger partial charge >= 0.3 is 0 Å². The van der Waals surface area contributed by atoms with Crippen LogP contribution >= 0.6 is 0 Å². The van der Waals surface area contributed by atoms with Gasteiger partial charge in [-0.3, -0.25) is 9.48 Å². The lowest BCUT2D eigenvalue weighted by Gasteiger charge is -2.30. The highest BCUT2D eigenvalue weighted by atomic mass is 16.5. The summed E-state index contributed by atoms with van der Waals surface area (Å²) in [6.45, 7) is 9.43. The quantitative estimate of drug-likeness (QED) is 0.849. The maximum absolute atomic E-state index is 12.3. The Labute approximate surface area is 120 Å². The van der Waals surface area contributed by atoms with Gasteiger partial charge in [-0.05, 0) is 26.3 Å². The minimum atomic E-state index is -0.181. The molecule has 20 heavy (non-hydrogen) atoms. The van der Waals surface area contributed by atoms with Crippen LogP contribution in [0.15, 0.2) is 12.4 Å². The van der Waals surface area contributed by atoms with Crippen LogP contribution in [0.4, 0.5) is 0 Å². The van der Waals surface area contributed by atoms with Gasteiger partial charge in [0, 0.05) is 25.3 Å². The van der Waals surface area contributed by atoms with Crippen LogP contribution in [0.2, 0.25) is 0 Å². The molecule has 1 aliphatic rings. The number of ether oxygens (including phenoxy) is 1. The molecule has 112 valence electrons. The molecule has 1 saturated heterocycles. The van der Waals surface area contributed by atoms with Gasteiger partial charge in [-0.25, -0.2) is 0 Å². The van der Waals surface area contributed by atoms with Gasteiger partial charge in [-0.15, -0.1) is 0 Å². The number of carbonyl (C=O) groups is 1. The SMILES string of the molecule is Cc1cnn(C[C@H](C)N[C@H](C)C(=O)N2CCOCC2)c1. The lowest BCUT2D eigenvalue weighted by Crippen LogP contribution is -2.51. The fourth-order valence-corrected chi connectivity index (χ4v) is 2.46. The Morgan fingerprint density at radius 2 is 2.15 bits per heavy atom. The largest absolute Gasteiger partial charge is 0.378 e. The van der Waals surface area contributed by atoms with Gasteiger partial charge < -0.3 is 15.0 Å². The van der Waals surface area contributed by atoms with E-state index in [0.717, 1.165) is 12.1 Å². The van der Waals surface area contributed by atoms with E-state index in [9.17, 15) is 4.79 Å². The van der Waals surface area contributed by atoms with E-state index in [2.05, 4.69) is 17.3 Å². The minimum absolute atomic E-state index is 0.150. The lowest BCUT2D eigenvalue weighted by molar-refractivity contribution is -0.137. The van der Waals surface area contributed by atoms with E-state index < -0.39 is 0 Å². The molecule has 1 aromatic rings. The fourth-order valence-electron chi connectivity index (χ4n) is 2.46. The molecule has 0 saturated carbocycles. The summed E-state index contributed by atoms with van der Waals surface area (Å²) in [5.74, 6) is 0.150. The molecule has 0 unspecified atom stereocenters. The highest BCUT2D eigenvalue weighted by molar-refractivity contribution is 5.81. The van der Waals surface area contributed by atoms with E-state index in [1.165, 1.54) is 0 Å². The number of morpholine rings is 1. The lowest BCUT2D eigenvalue weighted by atomic mass is 10.2. The molecule has 2 heterocycles. The van der Waals surface area contributed by atoms with E-state index in [4.69, 9.17) is 4.74 Å². The van der Waals surface area contributed by atoms with Crippen molar-refractivity contribution in [3.05, 3.63) is 18.0 Å². The van der Waals surface area contributed by atoms with Gasteiger partial charge in [0.25, 0.3) is 0 Å². The van der Waals surface area contributed by atoms with Crippen molar-refractivity contribution in [2.45, 2.75) is 39.4 Å². The van der Waals surface area contributed by atoms with Crippen LogP contribution in [-0.2, 0) is 16.1 Å². The average molecular weight is 280 g/mol. The number of aryl methyl sites for hydroxylation is 1. The normalized spacial score (nSPS) is 18.9. The van der Waals surface area contributed by atoms with Gasteiger partial charge in [0.1, 0.15) is 0 Å². The summed E-state index contributed by atoms with van der Waals surface area (Å²) < 4.78 is 7.17. The summed E-state index contributed by atoms with van der Waals surface area (Å²) in [5, 5.41) is 7.60. The van der Waals surface area contributed by atoms with Crippen molar-refractivity contribution in [2.75, 3.05) is 26.3 Å². The third-order valence-electron chi connectivity index (χ3n) is 3.45. The third kappa shape index (κ3) is 4.05. The highest BCUT2D eigenvalue weighted by Crippen LogP contribution is 2.02. The van der Waals surface area contributed by atoms with E-state index in [1.807, 2.05) is 35.8 Å². The molecule has 2 atom stereocenters. The standard InChI is InChI=1S/C14H24N4O2/c1-11-8-15-18(9-11)10-12(2)16-13(3)14(19)17-4-6-20-7-5-17/h8-9,12-13,16H,4-7,10H2,1-3H3/t12-,13+/m0/s1. The molecular weight excluding hydrogens is 256 g/mol. The van der Waals surface area contributed by atoms with E-state index in [1.54, 1.807) is 0 Å². The van der Waals surface area contributed by atoms with Crippen molar-refractivity contribution >= 4 is 5.91 Å². The number of hydrogen-bond donors (Lipinski definition) is 1. The first kappa shape index (κ1) is 15.0. The number of carbonyl (C=O) groups excluding carboxylic acids is 1. The number of nitrogens with one attached hydrogen (secondary N) is 1. The zero-order chi connectivity index (χ0) is 14.5. The predicted molar refractivity (Wildman–Crippen MR) is 76.4 cm³/mol. The van der Waals surface area contributed by atoms with Crippen molar-refractivity contribution in [1.82, 2.24) is 20.0 Å². The van der Waals surface area contributed by atoms with Crippen molar-refractivity contribution in [2.24, 2.45) is 0 Å². The molecule has 0 aromatic carbocycles. The summed E-state index contributed by atoms with van der Waals surface area (Å²) in [6, 6.07) is 0.00838. The Hall–Kier alpha value is -1.40. The fraction of sp³-hybridized carbons (Fsp3) is 0.714. The van der Waals surface area contributed by atoms with E-state index in [-0.39, 0.29) is 18.0 Å². The summed E-state index contributed by atoms with van der Waals surface area (Å²) >= 11 is 0. The van der Waals surface area contributed by atoms with Gasteiger partial charge in [0.05, 0.1) is 32.0 Å². The van der Waals surface area contributed by atoms with Crippen molar-refractivity contribution in [3.63, 3.8) is 0 Å². The van der Waals surface area contributed by atoms with Gasteiger partial charge in [-0.2, -0.15) is 5.10 Å². The molecular formula is C14H24N4O2. The summed E-state index contributed by atoms with van der Waals surface area (Å²) in [4.78, 5) is 14.1.